The highest BCUT2D eigenvalue weighted by atomic mass is 16.5. The summed E-state index contributed by atoms with van der Waals surface area (Å²) in [7, 11) is 1.68. The van der Waals surface area contributed by atoms with E-state index in [1.165, 1.54) is 6.42 Å². The SMILES string of the molecule is COCc1ccc(CNCC2CC2C)o1. The minimum atomic E-state index is 0.555. The Bertz CT molecular complexity index is 308. The minimum Gasteiger partial charge on any atom is -0.462 e. The van der Waals surface area contributed by atoms with Crippen molar-refractivity contribution in [2.45, 2.75) is 26.5 Å². The van der Waals surface area contributed by atoms with Crippen molar-refractivity contribution < 1.29 is 9.15 Å². The smallest absolute Gasteiger partial charge is 0.129 e. The quantitative estimate of drug-likeness (QED) is 0.779. The first kappa shape index (κ1) is 10.7. The zero-order valence-corrected chi connectivity index (χ0v) is 9.45. The highest BCUT2D eigenvalue weighted by Crippen LogP contribution is 2.36. The van der Waals surface area contributed by atoms with Crippen molar-refractivity contribution >= 4 is 0 Å². The van der Waals surface area contributed by atoms with Crippen LogP contribution in [-0.2, 0) is 17.9 Å². The van der Waals surface area contributed by atoms with Crippen LogP contribution < -0.4 is 5.32 Å². The van der Waals surface area contributed by atoms with E-state index in [9.17, 15) is 0 Å². The molecule has 0 aromatic carbocycles. The van der Waals surface area contributed by atoms with E-state index in [1.54, 1.807) is 7.11 Å². The number of hydrogen-bond acceptors (Lipinski definition) is 3. The lowest BCUT2D eigenvalue weighted by Crippen LogP contribution is -2.16. The number of nitrogens with one attached hydrogen (secondary N) is 1. The van der Waals surface area contributed by atoms with E-state index in [0.717, 1.165) is 36.4 Å². The third kappa shape index (κ3) is 3.08. The van der Waals surface area contributed by atoms with Gasteiger partial charge in [0.15, 0.2) is 0 Å². The highest BCUT2D eigenvalue weighted by Gasteiger charge is 2.31. The van der Waals surface area contributed by atoms with Crippen LogP contribution in [0.4, 0.5) is 0 Å². The normalized spacial score (nSPS) is 24.4. The summed E-state index contributed by atoms with van der Waals surface area (Å²) in [5.41, 5.74) is 0. The number of furan rings is 1. The fourth-order valence-corrected chi connectivity index (χ4v) is 1.80. The Morgan fingerprint density at radius 3 is 2.87 bits per heavy atom. The van der Waals surface area contributed by atoms with Crippen LogP contribution in [0, 0.1) is 11.8 Å². The summed E-state index contributed by atoms with van der Waals surface area (Å²) < 4.78 is 10.6. The summed E-state index contributed by atoms with van der Waals surface area (Å²) >= 11 is 0. The van der Waals surface area contributed by atoms with Crippen molar-refractivity contribution in [2.24, 2.45) is 11.8 Å². The maximum Gasteiger partial charge on any atom is 0.129 e. The third-order valence-corrected chi connectivity index (χ3v) is 2.99. The fourth-order valence-electron chi connectivity index (χ4n) is 1.80. The van der Waals surface area contributed by atoms with Gasteiger partial charge >= 0.3 is 0 Å². The fraction of sp³-hybridized carbons (Fsp3) is 0.667. The lowest BCUT2D eigenvalue weighted by Gasteiger charge is -2.00. The number of hydrogen-bond donors (Lipinski definition) is 1. The molecule has 1 aliphatic carbocycles. The molecule has 3 heteroatoms. The molecule has 2 atom stereocenters. The van der Waals surface area contributed by atoms with E-state index in [0.29, 0.717) is 6.61 Å². The molecule has 0 saturated heterocycles. The molecule has 3 nitrogen and oxygen atoms in total. The standard InChI is InChI=1S/C12H19NO2/c1-9-5-10(9)6-13-7-11-3-4-12(15-11)8-14-2/h3-4,9-10,13H,5-8H2,1-2H3. The summed E-state index contributed by atoms with van der Waals surface area (Å²) in [5, 5.41) is 3.41. The summed E-state index contributed by atoms with van der Waals surface area (Å²) in [6.45, 7) is 4.80. The second kappa shape index (κ2) is 4.81. The summed E-state index contributed by atoms with van der Waals surface area (Å²) in [6.07, 6.45) is 1.38. The van der Waals surface area contributed by atoms with Gasteiger partial charge in [-0.05, 0) is 36.9 Å². The highest BCUT2D eigenvalue weighted by molar-refractivity contribution is 5.06. The molecule has 1 N–H and O–H groups in total. The van der Waals surface area contributed by atoms with Gasteiger partial charge in [0.25, 0.3) is 0 Å². The molecule has 1 saturated carbocycles. The van der Waals surface area contributed by atoms with Crippen molar-refractivity contribution in [3.05, 3.63) is 23.7 Å². The van der Waals surface area contributed by atoms with E-state index >= 15 is 0 Å². The predicted octanol–water partition coefficient (Wildman–Crippen LogP) is 2.17. The van der Waals surface area contributed by atoms with Gasteiger partial charge in [-0.1, -0.05) is 6.92 Å². The molecule has 1 aromatic rings. The van der Waals surface area contributed by atoms with Crippen LogP contribution in [0.2, 0.25) is 0 Å². The third-order valence-electron chi connectivity index (χ3n) is 2.99. The first-order valence-corrected chi connectivity index (χ1v) is 5.57. The van der Waals surface area contributed by atoms with Crippen LogP contribution >= 0.6 is 0 Å². The second-order valence-corrected chi connectivity index (χ2v) is 4.41. The Morgan fingerprint density at radius 2 is 2.20 bits per heavy atom. The predicted molar refractivity (Wildman–Crippen MR) is 58.4 cm³/mol. The van der Waals surface area contributed by atoms with Crippen LogP contribution in [-0.4, -0.2) is 13.7 Å². The Kier molecular flexibility index (Phi) is 3.44. The lowest BCUT2D eigenvalue weighted by atomic mass is 10.3. The van der Waals surface area contributed by atoms with E-state index in [2.05, 4.69) is 12.2 Å². The molecule has 0 spiro atoms. The maximum absolute atomic E-state index is 5.57. The van der Waals surface area contributed by atoms with Crippen molar-refractivity contribution in [3.63, 3.8) is 0 Å². The van der Waals surface area contributed by atoms with Crippen molar-refractivity contribution in [1.82, 2.24) is 5.32 Å². The zero-order valence-electron chi connectivity index (χ0n) is 9.45. The molecule has 1 aliphatic rings. The van der Waals surface area contributed by atoms with Gasteiger partial charge in [-0.25, -0.2) is 0 Å². The Morgan fingerprint density at radius 1 is 1.47 bits per heavy atom. The summed E-state index contributed by atoms with van der Waals surface area (Å²) in [6, 6.07) is 3.98. The largest absolute Gasteiger partial charge is 0.462 e. The van der Waals surface area contributed by atoms with Crippen LogP contribution in [0.15, 0.2) is 16.5 Å². The maximum atomic E-state index is 5.57. The summed E-state index contributed by atoms with van der Waals surface area (Å²) in [4.78, 5) is 0. The molecule has 84 valence electrons. The Labute approximate surface area is 90.8 Å². The van der Waals surface area contributed by atoms with Gasteiger partial charge < -0.3 is 14.5 Å². The van der Waals surface area contributed by atoms with E-state index < -0.39 is 0 Å². The molecule has 1 heterocycles. The molecular weight excluding hydrogens is 190 g/mol. The topological polar surface area (TPSA) is 34.4 Å². The molecular formula is C12H19NO2. The van der Waals surface area contributed by atoms with Gasteiger partial charge in [0.1, 0.15) is 18.1 Å². The number of ether oxygens (including phenoxy) is 1. The number of rotatable bonds is 6. The van der Waals surface area contributed by atoms with Gasteiger partial charge in [0.2, 0.25) is 0 Å². The van der Waals surface area contributed by atoms with E-state index in [1.807, 2.05) is 12.1 Å². The molecule has 15 heavy (non-hydrogen) atoms. The van der Waals surface area contributed by atoms with Crippen molar-refractivity contribution in [3.8, 4) is 0 Å². The average Bonchev–Trinajstić information content (AvgIpc) is 2.74. The minimum absolute atomic E-state index is 0.555. The first-order valence-electron chi connectivity index (χ1n) is 5.57. The molecule has 0 amide bonds. The van der Waals surface area contributed by atoms with Crippen LogP contribution in [0.5, 0.6) is 0 Å². The molecule has 2 unspecified atom stereocenters. The van der Waals surface area contributed by atoms with Gasteiger partial charge in [-0.2, -0.15) is 0 Å². The Balaban J connectivity index is 1.68. The van der Waals surface area contributed by atoms with E-state index in [4.69, 9.17) is 9.15 Å². The van der Waals surface area contributed by atoms with E-state index in [-0.39, 0.29) is 0 Å². The van der Waals surface area contributed by atoms with Gasteiger partial charge in [0.05, 0.1) is 6.54 Å². The first-order chi connectivity index (χ1) is 7.29. The van der Waals surface area contributed by atoms with Crippen molar-refractivity contribution in [1.29, 1.82) is 0 Å². The van der Waals surface area contributed by atoms with Crippen molar-refractivity contribution in [2.75, 3.05) is 13.7 Å². The molecule has 0 radical (unpaired) electrons. The number of methoxy groups -OCH3 is 1. The summed E-state index contributed by atoms with van der Waals surface area (Å²) in [5.74, 6) is 3.70. The van der Waals surface area contributed by atoms with Crippen LogP contribution in [0.1, 0.15) is 24.9 Å². The Hall–Kier alpha value is -0.800. The monoisotopic (exact) mass is 209 g/mol. The molecule has 2 rings (SSSR count). The average molecular weight is 209 g/mol. The lowest BCUT2D eigenvalue weighted by molar-refractivity contribution is 0.162. The molecule has 0 aliphatic heterocycles. The molecule has 1 fully saturated rings. The zero-order chi connectivity index (χ0) is 10.7. The molecule has 0 bridgehead atoms. The second-order valence-electron chi connectivity index (χ2n) is 4.41. The van der Waals surface area contributed by atoms with Gasteiger partial charge in [-0.3, -0.25) is 0 Å². The van der Waals surface area contributed by atoms with Gasteiger partial charge in [-0.15, -0.1) is 0 Å². The van der Waals surface area contributed by atoms with Gasteiger partial charge in [0, 0.05) is 7.11 Å². The van der Waals surface area contributed by atoms with Crippen LogP contribution in [0.3, 0.4) is 0 Å². The van der Waals surface area contributed by atoms with Crippen LogP contribution in [0.25, 0.3) is 0 Å². The molecule has 1 aromatic heterocycles.